The maximum atomic E-state index is 12.5. The van der Waals surface area contributed by atoms with Crippen LogP contribution in [0.4, 0.5) is 13.2 Å². The fraction of sp³-hybridized carbons (Fsp3) is 0.143. The number of aromatic nitrogens is 1. The second-order valence-corrected chi connectivity index (χ2v) is 5.20. The zero-order chi connectivity index (χ0) is 14.3. The number of nitrogens with zero attached hydrogens (tertiary/aromatic N) is 1. The van der Waals surface area contributed by atoms with Crippen molar-refractivity contribution in [2.75, 3.05) is 0 Å². The molecule has 0 radical (unpaired) electrons. The number of alkyl halides is 3. The Kier molecular flexibility index (Phi) is 2.97. The average molecular weight is 295 g/mol. The summed E-state index contributed by atoms with van der Waals surface area (Å²) in [6.45, 7) is 0. The molecule has 0 spiro atoms. The summed E-state index contributed by atoms with van der Waals surface area (Å²) in [6.07, 6.45) is -2.16. The maximum Gasteiger partial charge on any atom is 0.434 e. The van der Waals surface area contributed by atoms with Gasteiger partial charge in [-0.05, 0) is 17.5 Å². The van der Waals surface area contributed by atoms with E-state index in [1.165, 1.54) is 0 Å². The van der Waals surface area contributed by atoms with Gasteiger partial charge in [0, 0.05) is 11.0 Å². The van der Waals surface area contributed by atoms with Crippen LogP contribution in [0.15, 0.2) is 35.7 Å². The highest BCUT2D eigenvalue weighted by Gasteiger charge is 2.35. The van der Waals surface area contributed by atoms with Crippen LogP contribution in [0, 0.1) is 0 Å². The minimum atomic E-state index is -4.52. The number of hydrogen-bond donors (Lipinski definition) is 0. The summed E-state index contributed by atoms with van der Waals surface area (Å²) in [7, 11) is 0. The summed E-state index contributed by atoms with van der Waals surface area (Å²) in [5.74, 6) is -0.449. The Hall–Kier alpha value is -1.95. The molecule has 0 amide bonds. The van der Waals surface area contributed by atoms with Crippen LogP contribution >= 0.6 is 11.3 Å². The first-order valence-electron chi connectivity index (χ1n) is 5.82. The quantitative estimate of drug-likeness (QED) is 0.784. The van der Waals surface area contributed by atoms with Crippen LogP contribution in [0.5, 0.6) is 0 Å². The molecule has 102 valence electrons. The Morgan fingerprint density at radius 3 is 2.70 bits per heavy atom. The lowest BCUT2D eigenvalue weighted by Crippen LogP contribution is -2.07. The van der Waals surface area contributed by atoms with Crippen molar-refractivity contribution in [3.8, 4) is 0 Å². The fourth-order valence-corrected chi connectivity index (χ4v) is 2.90. The highest BCUT2D eigenvalue weighted by molar-refractivity contribution is 7.12. The summed E-state index contributed by atoms with van der Waals surface area (Å²) in [4.78, 5) is 15.7. The van der Waals surface area contributed by atoms with Gasteiger partial charge in [0.25, 0.3) is 0 Å². The molecular formula is C14H8F3NOS. The molecule has 0 aliphatic heterocycles. The highest BCUT2D eigenvalue weighted by atomic mass is 32.1. The summed E-state index contributed by atoms with van der Waals surface area (Å²) < 4.78 is 37.5. The number of carbonyl (C=O) groups excluding carboxylic acids is 1. The van der Waals surface area contributed by atoms with Gasteiger partial charge in [-0.3, -0.25) is 4.79 Å². The molecule has 0 fully saturated rings. The summed E-state index contributed by atoms with van der Waals surface area (Å²) in [5.41, 5.74) is 1.20. The van der Waals surface area contributed by atoms with Gasteiger partial charge in [-0.2, -0.15) is 13.2 Å². The number of rotatable bonds is 2. The fourth-order valence-electron chi connectivity index (χ4n) is 2.12. The Morgan fingerprint density at radius 2 is 2.00 bits per heavy atom. The van der Waals surface area contributed by atoms with Crippen molar-refractivity contribution in [1.29, 1.82) is 0 Å². The van der Waals surface area contributed by atoms with Gasteiger partial charge >= 0.3 is 6.18 Å². The minimum absolute atomic E-state index is 0.125. The number of Topliss-reactive ketones (excluding diaryl/α,β-unsaturated/α-hetero) is 1. The normalized spacial score (nSPS) is 14.1. The predicted octanol–water partition coefficient (Wildman–Crippen LogP) is 3.98. The summed E-state index contributed by atoms with van der Waals surface area (Å²) in [6, 6.07) is 7.36. The van der Waals surface area contributed by atoms with Crippen molar-refractivity contribution < 1.29 is 18.0 Å². The lowest BCUT2D eigenvalue weighted by atomic mass is 10.0. The molecule has 0 bridgehead atoms. The molecule has 3 rings (SSSR count). The van der Waals surface area contributed by atoms with Crippen LogP contribution in [0.2, 0.25) is 0 Å². The van der Waals surface area contributed by atoms with Crippen molar-refractivity contribution in [2.24, 2.45) is 0 Å². The van der Waals surface area contributed by atoms with E-state index >= 15 is 0 Å². The molecule has 2 nitrogen and oxygen atoms in total. The van der Waals surface area contributed by atoms with E-state index in [-0.39, 0.29) is 5.01 Å². The molecular weight excluding hydrogens is 287 g/mol. The van der Waals surface area contributed by atoms with Crippen molar-refractivity contribution in [3.05, 3.63) is 57.6 Å². The van der Waals surface area contributed by atoms with Gasteiger partial charge in [0.2, 0.25) is 5.78 Å². The van der Waals surface area contributed by atoms with E-state index in [1.54, 1.807) is 18.2 Å². The van der Waals surface area contributed by atoms with Crippen molar-refractivity contribution in [2.45, 2.75) is 12.6 Å². The standard InChI is InChI=1S/C14H8F3NOS/c15-14(16,17)11-7-20-13(18-11)12(19)10-6-5-8-3-1-2-4-9(8)10/h1-4,6-7H,5H2. The number of ketones is 1. The molecule has 0 saturated heterocycles. The molecule has 1 aliphatic carbocycles. The molecule has 1 aromatic heterocycles. The van der Waals surface area contributed by atoms with Gasteiger partial charge in [-0.15, -0.1) is 11.3 Å². The maximum absolute atomic E-state index is 12.5. The van der Waals surface area contributed by atoms with Crippen LogP contribution in [0.1, 0.15) is 26.6 Å². The molecule has 2 aromatic rings. The first kappa shape index (κ1) is 13.1. The van der Waals surface area contributed by atoms with E-state index in [0.717, 1.165) is 27.8 Å². The molecule has 1 aliphatic rings. The van der Waals surface area contributed by atoms with E-state index < -0.39 is 17.7 Å². The van der Waals surface area contributed by atoms with E-state index in [4.69, 9.17) is 0 Å². The third-order valence-electron chi connectivity index (χ3n) is 3.07. The minimum Gasteiger partial charge on any atom is -0.286 e. The molecule has 20 heavy (non-hydrogen) atoms. The first-order chi connectivity index (χ1) is 9.47. The molecule has 1 heterocycles. The monoisotopic (exact) mass is 295 g/mol. The van der Waals surface area contributed by atoms with Crippen LogP contribution < -0.4 is 0 Å². The number of fused-ring (bicyclic) bond motifs is 1. The molecule has 0 unspecified atom stereocenters. The highest BCUT2D eigenvalue weighted by Crippen LogP contribution is 2.33. The SMILES string of the molecule is O=C(C1=CCc2ccccc21)c1nc(C(F)(F)F)cs1. The van der Waals surface area contributed by atoms with Crippen molar-refractivity contribution in [1.82, 2.24) is 4.98 Å². The van der Waals surface area contributed by atoms with Crippen molar-refractivity contribution >= 4 is 22.7 Å². The van der Waals surface area contributed by atoms with E-state index in [2.05, 4.69) is 4.98 Å². The topological polar surface area (TPSA) is 30.0 Å². The lowest BCUT2D eigenvalue weighted by Gasteiger charge is -2.03. The molecule has 0 saturated carbocycles. The predicted molar refractivity (Wildman–Crippen MR) is 69.6 cm³/mol. The second kappa shape index (κ2) is 4.56. The average Bonchev–Trinajstić information content (AvgIpc) is 3.04. The van der Waals surface area contributed by atoms with Gasteiger partial charge in [0.15, 0.2) is 10.7 Å². The number of halogens is 3. The Morgan fingerprint density at radius 1 is 1.25 bits per heavy atom. The number of hydrogen-bond acceptors (Lipinski definition) is 3. The molecule has 0 atom stereocenters. The molecule has 6 heteroatoms. The first-order valence-corrected chi connectivity index (χ1v) is 6.70. The van der Waals surface area contributed by atoms with Crippen LogP contribution in [-0.2, 0) is 12.6 Å². The molecule has 0 N–H and O–H groups in total. The van der Waals surface area contributed by atoms with Crippen LogP contribution in [0.25, 0.3) is 5.57 Å². The zero-order valence-electron chi connectivity index (χ0n) is 10.1. The third kappa shape index (κ3) is 2.16. The smallest absolute Gasteiger partial charge is 0.286 e. The number of allylic oxidation sites excluding steroid dienone is 2. The summed E-state index contributed by atoms with van der Waals surface area (Å²) >= 11 is 0.725. The Labute approximate surface area is 116 Å². The van der Waals surface area contributed by atoms with E-state index in [0.29, 0.717) is 12.0 Å². The Bertz CT molecular complexity index is 715. The lowest BCUT2D eigenvalue weighted by molar-refractivity contribution is -0.140. The van der Waals surface area contributed by atoms with Gasteiger partial charge in [-0.1, -0.05) is 30.3 Å². The van der Waals surface area contributed by atoms with Crippen molar-refractivity contribution in [3.63, 3.8) is 0 Å². The van der Waals surface area contributed by atoms with E-state index in [1.807, 2.05) is 12.1 Å². The van der Waals surface area contributed by atoms with Crippen LogP contribution in [0.3, 0.4) is 0 Å². The van der Waals surface area contributed by atoms with Crippen LogP contribution in [-0.4, -0.2) is 10.8 Å². The second-order valence-electron chi connectivity index (χ2n) is 4.34. The number of benzene rings is 1. The summed E-state index contributed by atoms with van der Waals surface area (Å²) in [5, 5.41) is 0.745. The van der Waals surface area contributed by atoms with Gasteiger partial charge in [-0.25, -0.2) is 4.98 Å². The Balaban J connectivity index is 1.93. The number of carbonyl (C=O) groups is 1. The number of thiazole rings is 1. The van der Waals surface area contributed by atoms with Gasteiger partial charge < -0.3 is 0 Å². The van der Waals surface area contributed by atoms with Gasteiger partial charge in [0.05, 0.1) is 0 Å². The third-order valence-corrected chi connectivity index (χ3v) is 3.91. The zero-order valence-corrected chi connectivity index (χ0v) is 10.9. The van der Waals surface area contributed by atoms with E-state index in [9.17, 15) is 18.0 Å². The van der Waals surface area contributed by atoms with Gasteiger partial charge in [0.1, 0.15) is 0 Å². The largest absolute Gasteiger partial charge is 0.434 e. The molecule has 1 aromatic carbocycles.